The lowest BCUT2D eigenvalue weighted by Crippen LogP contribution is -2.12. The first kappa shape index (κ1) is 11.8. The number of amides is 1. The standard InChI is InChI=1S/C12H10N2O4/c1-7-2-5-10(13-6-7)14-11(15)8-3-4-9(18-8)12(16)17/h2-6H,1H3,(H,16,17)(H,13,14,15). The fourth-order valence-corrected chi connectivity index (χ4v) is 1.29. The maximum Gasteiger partial charge on any atom is 0.371 e. The van der Waals surface area contributed by atoms with Gasteiger partial charge in [-0.3, -0.25) is 4.79 Å². The molecule has 2 aromatic heterocycles. The van der Waals surface area contributed by atoms with Crippen LogP contribution >= 0.6 is 0 Å². The second kappa shape index (κ2) is 4.70. The third kappa shape index (κ3) is 2.54. The number of rotatable bonds is 3. The van der Waals surface area contributed by atoms with E-state index in [0.29, 0.717) is 5.82 Å². The van der Waals surface area contributed by atoms with Gasteiger partial charge in [-0.15, -0.1) is 0 Å². The van der Waals surface area contributed by atoms with Crippen molar-refractivity contribution in [1.82, 2.24) is 4.98 Å². The molecule has 0 radical (unpaired) electrons. The van der Waals surface area contributed by atoms with Gasteiger partial charge in [-0.2, -0.15) is 0 Å². The molecule has 1 amide bonds. The lowest BCUT2D eigenvalue weighted by atomic mass is 10.3. The number of aryl methyl sites for hydroxylation is 1. The number of carboxylic acid groups (broad SMARTS) is 1. The fraction of sp³-hybridized carbons (Fsp3) is 0.0833. The molecule has 6 nitrogen and oxygen atoms in total. The van der Waals surface area contributed by atoms with Gasteiger partial charge in [0, 0.05) is 6.20 Å². The maximum absolute atomic E-state index is 11.7. The van der Waals surface area contributed by atoms with Crippen LogP contribution in [0.4, 0.5) is 5.82 Å². The summed E-state index contributed by atoms with van der Waals surface area (Å²) in [6.07, 6.45) is 1.61. The lowest BCUT2D eigenvalue weighted by Gasteiger charge is -2.01. The number of nitrogens with zero attached hydrogens (tertiary/aromatic N) is 1. The van der Waals surface area contributed by atoms with E-state index in [2.05, 4.69) is 10.3 Å². The van der Waals surface area contributed by atoms with Gasteiger partial charge in [0.2, 0.25) is 5.76 Å². The number of hydrogen-bond acceptors (Lipinski definition) is 4. The van der Waals surface area contributed by atoms with Crippen molar-refractivity contribution in [2.24, 2.45) is 0 Å². The van der Waals surface area contributed by atoms with Crippen LogP contribution in [0.3, 0.4) is 0 Å². The van der Waals surface area contributed by atoms with Crippen LogP contribution in [-0.2, 0) is 0 Å². The molecule has 0 saturated carbocycles. The molecule has 0 atom stereocenters. The Labute approximate surface area is 102 Å². The van der Waals surface area contributed by atoms with E-state index in [1.165, 1.54) is 12.1 Å². The van der Waals surface area contributed by atoms with Crippen LogP contribution < -0.4 is 5.32 Å². The molecular formula is C12H10N2O4. The highest BCUT2D eigenvalue weighted by Crippen LogP contribution is 2.11. The first-order valence-electron chi connectivity index (χ1n) is 5.13. The van der Waals surface area contributed by atoms with Crippen molar-refractivity contribution in [1.29, 1.82) is 0 Å². The predicted molar refractivity (Wildman–Crippen MR) is 62.6 cm³/mol. The van der Waals surface area contributed by atoms with E-state index < -0.39 is 11.9 Å². The second-order valence-corrected chi connectivity index (χ2v) is 3.64. The molecule has 2 heterocycles. The molecule has 0 saturated heterocycles. The highest BCUT2D eigenvalue weighted by molar-refractivity contribution is 6.02. The Morgan fingerprint density at radius 2 is 1.94 bits per heavy atom. The molecule has 6 heteroatoms. The van der Waals surface area contributed by atoms with Crippen molar-refractivity contribution in [2.75, 3.05) is 5.32 Å². The molecular weight excluding hydrogens is 236 g/mol. The van der Waals surface area contributed by atoms with Crippen molar-refractivity contribution >= 4 is 17.7 Å². The van der Waals surface area contributed by atoms with Crippen molar-refractivity contribution in [3.8, 4) is 0 Å². The van der Waals surface area contributed by atoms with Crippen molar-refractivity contribution in [3.05, 3.63) is 47.5 Å². The Hall–Kier alpha value is -2.63. The quantitative estimate of drug-likeness (QED) is 0.863. The van der Waals surface area contributed by atoms with Crippen LogP contribution in [0.2, 0.25) is 0 Å². The minimum atomic E-state index is -1.22. The first-order chi connectivity index (χ1) is 8.56. The topological polar surface area (TPSA) is 92.4 Å². The number of carbonyl (C=O) groups excluding carboxylic acids is 1. The van der Waals surface area contributed by atoms with Gasteiger partial charge in [0.15, 0.2) is 5.76 Å². The molecule has 0 aromatic carbocycles. The molecule has 0 fully saturated rings. The summed E-state index contributed by atoms with van der Waals surface area (Å²) < 4.78 is 4.86. The molecule has 18 heavy (non-hydrogen) atoms. The van der Waals surface area contributed by atoms with Gasteiger partial charge < -0.3 is 14.8 Å². The highest BCUT2D eigenvalue weighted by Gasteiger charge is 2.15. The number of hydrogen-bond donors (Lipinski definition) is 2. The number of furan rings is 1. The van der Waals surface area contributed by atoms with E-state index in [1.807, 2.05) is 6.92 Å². The van der Waals surface area contributed by atoms with E-state index in [0.717, 1.165) is 5.56 Å². The number of carbonyl (C=O) groups is 2. The molecule has 0 spiro atoms. The van der Waals surface area contributed by atoms with Gasteiger partial charge in [0.05, 0.1) is 0 Å². The zero-order chi connectivity index (χ0) is 13.1. The number of pyridine rings is 1. The largest absolute Gasteiger partial charge is 0.475 e. The Kier molecular flexibility index (Phi) is 3.09. The number of nitrogens with one attached hydrogen (secondary N) is 1. The number of aromatic carboxylic acids is 1. The van der Waals surface area contributed by atoms with Crippen LogP contribution in [0.1, 0.15) is 26.7 Å². The predicted octanol–water partition coefficient (Wildman–Crippen LogP) is 1.93. The number of anilines is 1. The first-order valence-corrected chi connectivity index (χ1v) is 5.13. The summed E-state index contributed by atoms with van der Waals surface area (Å²) in [5, 5.41) is 11.2. The lowest BCUT2D eigenvalue weighted by molar-refractivity contribution is 0.0660. The van der Waals surface area contributed by atoms with Gasteiger partial charge in [0.25, 0.3) is 5.91 Å². The van der Waals surface area contributed by atoms with Crippen molar-refractivity contribution < 1.29 is 19.1 Å². The molecule has 0 aliphatic heterocycles. The highest BCUT2D eigenvalue weighted by atomic mass is 16.4. The fourth-order valence-electron chi connectivity index (χ4n) is 1.29. The van der Waals surface area contributed by atoms with E-state index >= 15 is 0 Å². The summed E-state index contributed by atoms with van der Waals surface area (Å²) in [6.45, 7) is 1.88. The summed E-state index contributed by atoms with van der Waals surface area (Å²) in [7, 11) is 0. The maximum atomic E-state index is 11.7. The van der Waals surface area contributed by atoms with E-state index in [9.17, 15) is 9.59 Å². The molecule has 2 rings (SSSR count). The Morgan fingerprint density at radius 3 is 2.50 bits per heavy atom. The SMILES string of the molecule is Cc1ccc(NC(=O)c2ccc(C(=O)O)o2)nc1. The minimum Gasteiger partial charge on any atom is -0.475 e. The zero-order valence-corrected chi connectivity index (χ0v) is 9.51. The summed E-state index contributed by atoms with van der Waals surface area (Å²) >= 11 is 0. The average Bonchev–Trinajstić information content (AvgIpc) is 2.81. The van der Waals surface area contributed by atoms with E-state index in [4.69, 9.17) is 9.52 Å². The van der Waals surface area contributed by atoms with E-state index in [1.54, 1.807) is 18.3 Å². The van der Waals surface area contributed by atoms with Crippen LogP contribution in [-0.4, -0.2) is 22.0 Å². The Bertz CT molecular complexity index is 586. The smallest absolute Gasteiger partial charge is 0.371 e. The Balaban J connectivity index is 2.11. The average molecular weight is 246 g/mol. The van der Waals surface area contributed by atoms with Crippen LogP contribution in [0.25, 0.3) is 0 Å². The number of carboxylic acids is 1. The third-order valence-electron chi connectivity index (χ3n) is 2.19. The monoisotopic (exact) mass is 246 g/mol. The van der Waals surface area contributed by atoms with Crippen LogP contribution in [0, 0.1) is 6.92 Å². The molecule has 2 aromatic rings. The van der Waals surface area contributed by atoms with Crippen LogP contribution in [0.15, 0.2) is 34.9 Å². The van der Waals surface area contributed by atoms with Gasteiger partial charge in [-0.25, -0.2) is 9.78 Å². The summed E-state index contributed by atoms with van der Waals surface area (Å²) in [5.41, 5.74) is 0.971. The van der Waals surface area contributed by atoms with Gasteiger partial charge >= 0.3 is 5.97 Å². The third-order valence-corrected chi connectivity index (χ3v) is 2.19. The van der Waals surface area contributed by atoms with E-state index in [-0.39, 0.29) is 11.5 Å². The minimum absolute atomic E-state index is 0.0743. The molecule has 0 bridgehead atoms. The second-order valence-electron chi connectivity index (χ2n) is 3.64. The molecule has 92 valence electrons. The molecule has 0 unspecified atom stereocenters. The number of aromatic nitrogens is 1. The zero-order valence-electron chi connectivity index (χ0n) is 9.51. The van der Waals surface area contributed by atoms with Gasteiger partial charge in [-0.05, 0) is 30.7 Å². The molecule has 2 N–H and O–H groups in total. The normalized spacial score (nSPS) is 10.1. The van der Waals surface area contributed by atoms with Crippen molar-refractivity contribution in [2.45, 2.75) is 6.92 Å². The molecule has 0 aliphatic rings. The summed E-state index contributed by atoms with van der Waals surface area (Å²) in [5.74, 6) is -1.74. The Morgan fingerprint density at radius 1 is 1.22 bits per heavy atom. The molecule has 0 aliphatic carbocycles. The van der Waals surface area contributed by atoms with Gasteiger partial charge in [-0.1, -0.05) is 6.07 Å². The van der Waals surface area contributed by atoms with Gasteiger partial charge in [0.1, 0.15) is 5.82 Å². The summed E-state index contributed by atoms with van der Waals surface area (Å²) in [6, 6.07) is 5.97. The summed E-state index contributed by atoms with van der Waals surface area (Å²) in [4.78, 5) is 26.3. The van der Waals surface area contributed by atoms with Crippen LogP contribution in [0.5, 0.6) is 0 Å². The van der Waals surface area contributed by atoms with Crippen molar-refractivity contribution in [3.63, 3.8) is 0 Å².